The van der Waals surface area contributed by atoms with Crippen molar-refractivity contribution in [1.82, 2.24) is 0 Å². The Labute approximate surface area is 93.2 Å². The molecule has 0 aliphatic heterocycles. The normalized spacial score (nSPS) is 13.9. The Morgan fingerprint density at radius 2 is 2.00 bits per heavy atom. The third-order valence-electron chi connectivity index (χ3n) is 2.18. The van der Waals surface area contributed by atoms with Gasteiger partial charge in [0.1, 0.15) is 0 Å². The molecule has 1 rings (SSSR count). The minimum atomic E-state index is -1.44. The number of rotatable bonds is 3. The predicted molar refractivity (Wildman–Crippen MR) is 65.5 cm³/mol. The van der Waals surface area contributed by atoms with Crippen LogP contribution in [0.1, 0.15) is 33.3 Å². The molecule has 0 radical (unpaired) electrons. The average molecular weight is 226 g/mol. The van der Waals surface area contributed by atoms with Crippen molar-refractivity contribution in [3.05, 3.63) is 29.8 Å². The Bertz CT molecular complexity index is 318. The minimum absolute atomic E-state index is 0.110. The summed E-state index contributed by atoms with van der Waals surface area (Å²) in [6.07, 6.45) is 0. The monoisotopic (exact) mass is 226 g/mol. The fourth-order valence-corrected chi connectivity index (χ4v) is 2.14. The molecule has 1 unspecified atom stereocenters. The lowest BCUT2D eigenvalue weighted by Gasteiger charge is -2.20. The molecule has 0 saturated heterocycles. The molecular weight excluding hydrogens is 207 g/mol. The predicted octanol–water partition coefficient (Wildman–Crippen LogP) is 2.95. The van der Waals surface area contributed by atoms with Crippen LogP contribution in [-0.2, 0) is 9.94 Å². The van der Waals surface area contributed by atoms with Gasteiger partial charge in [0.15, 0.2) is 0 Å². The van der Waals surface area contributed by atoms with Crippen LogP contribution in [0.25, 0.3) is 0 Å². The Kier molecular flexibility index (Phi) is 4.27. The van der Waals surface area contributed by atoms with Crippen molar-refractivity contribution in [2.45, 2.75) is 33.1 Å². The van der Waals surface area contributed by atoms with Crippen LogP contribution in [-0.4, -0.2) is 11.5 Å². The van der Waals surface area contributed by atoms with Crippen LogP contribution in [0.4, 0.5) is 0 Å². The maximum Gasteiger partial charge on any atom is 0.202 e. The molecule has 1 aromatic rings. The van der Waals surface area contributed by atoms with Gasteiger partial charge in [0.05, 0.1) is 6.61 Å². The summed E-state index contributed by atoms with van der Waals surface area (Å²) in [5.41, 5.74) is 1.33. The van der Waals surface area contributed by atoms with E-state index in [1.807, 2.05) is 25.1 Å². The first-order valence-electron chi connectivity index (χ1n) is 5.17. The molecule has 84 valence electrons. The maximum absolute atomic E-state index is 9.75. The molecule has 0 aromatic heterocycles. The maximum atomic E-state index is 9.75. The van der Waals surface area contributed by atoms with Gasteiger partial charge in [0, 0.05) is 5.30 Å². The average Bonchev–Trinajstić information content (AvgIpc) is 2.17. The van der Waals surface area contributed by atoms with Gasteiger partial charge in [-0.3, -0.25) is 0 Å². The number of benzene rings is 1. The first-order chi connectivity index (χ1) is 6.95. The first kappa shape index (κ1) is 12.6. The van der Waals surface area contributed by atoms with E-state index in [0.717, 1.165) is 5.30 Å². The second kappa shape index (κ2) is 5.07. The van der Waals surface area contributed by atoms with Crippen molar-refractivity contribution in [1.29, 1.82) is 0 Å². The van der Waals surface area contributed by atoms with Crippen molar-refractivity contribution in [2.75, 3.05) is 6.61 Å². The summed E-state index contributed by atoms with van der Waals surface area (Å²) in [5, 5.41) is 0.888. The van der Waals surface area contributed by atoms with Crippen LogP contribution < -0.4 is 5.30 Å². The zero-order chi connectivity index (χ0) is 11.5. The van der Waals surface area contributed by atoms with Crippen molar-refractivity contribution >= 4 is 13.7 Å². The molecule has 0 fully saturated rings. The molecular formula is C12H19O2P. The van der Waals surface area contributed by atoms with Crippen LogP contribution in [0.5, 0.6) is 0 Å². The highest BCUT2D eigenvalue weighted by molar-refractivity contribution is 7.55. The molecule has 15 heavy (non-hydrogen) atoms. The Hall–Kier alpha value is -0.430. The fourth-order valence-electron chi connectivity index (χ4n) is 1.29. The third-order valence-corrected chi connectivity index (χ3v) is 3.41. The quantitative estimate of drug-likeness (QED) is 0.803. The highest BCUT2D eigenvalue weighted by Crippen LogP contribution is 2.31. The second-order valence-electron chi connectivity index (χ2n) is 4.49. The Morgan fingerprint density at radius 1 is 1.33 bits per heavy atom. The van der Waals surface area contributed by atoms with E-state index in [2.05, 4.69) is 26.8 Å². The van der Waals surface area contributed by atoms with Crippen molar-refractivity contribution in [3.8, 4) is 0 Å². The highest BCUT2D eigenvalue weighted by atomic mass is 31.2. The number of hydrogen-bond acceptors (Lipinski definition) is 2. The summed E-state index contributed by atoms with van der Waals surface area (Å²) in [6, 6.07) is 8.00. The van der Waals surface area contributed by atoms with E-state index >= 15 is 0 Å². The van der Waals surface area contributed by atoms with E-state index in [4.69, 9.17) is 4.52 Å². The van der Waals surface area contributed by atoms with Crippen molar-refractivity contribution < 1.29 is 9.42 Å². The topological polar surface area (TPSA) is 29.5 Å². The van der Waals surface area contributed by atoms with Gasteiger partial charge < -0.3 is 9.42 Å². The molecule has 0 aliphatic carbocycles. The van der Waals surface area contributed by atoms with Gasteiger partial charge in [-0.05, 0) is 30.0 Å². The lowest BCUT2D eigenvalue weighted by molar-refractivity contribution is 0.337. The lowest BCUT2D eigenvalue weighted by atomic mass is 9.87. The highest BCUT2D eigenvalue weighted by Gasteiger charge is 2.16. The van der Waals surface area contributed by atoms with E-state index < -0.39 is 8.38 Å². The van der Waals surface area contributed by atoms with Crippen molar-refractivity contribution in [3.63, 3.8) is 0 Å². The van der Waals surface area contributed by atoms with Gasteiger partial charge in [-0.25, -0.2) is 0 Å². The van der Waals surface area contributed by atoms with Crippen LogP contribution in [0.15, 0.2) is 24.3 Å². The lowest BCUT2D eigenvalue weighted by Crippen LogP contribution is -2.14. The zero-order valence-electron chi connectivity index (χ0n) is 9.82. The van der Waals surface area contributed by atoms with E-state index in [-0.39, 0.29) is 5.41 Å². The van der Waals surface area contributed by atoms with E-state index in [0.29, 0.717) is 6.61 Å². The van der Waals surface area contributed by atoms with Gasteiger partial charge in [0.2, 0.25) is 8.38 Å². The van der Waals surface area contributed by atoms with E-state index in [1.165, 1.54) is 5.56 Å². The van der Waals surface area contributed by atoms with E-state index in [1.54, 1.807) is 0 Å². The van der Waals surface area contributed by atoms with Gasteiger partial charge in [-0.2, -0.15) is 0 Å². The molecule has 0 bridgehead atoms. The Balaban J connectivity index is 2.92. The van der Waals surface area contributed by atoms with Crippen LogP contribution in [0, 0.1) is 0 Å². The van der Waals surface area contributed by atoms with Crippen LogP contribution in [0.3, 0.4) is 0 Å². The standard InChI is InChI=1S/C12H19O2P/c1-5-14-15(13)11-8-6-7-10(9-11)12(2,3)4/h6-9,13H,5H2,1-4H3. The van der Waals surface area contributed by atoms with Gasteiger partial charge in [-0.1, -0.05) is 32.9 Å². The largest absolute Gasteiger partial charge is 0.346 e. The molecule has 0 spiro atoms. The summed E-state index contributed by atoms with van der Waals surface area (Å²) in [4.78, 5) is 9.75. The molecule has 0 heterocycles. The summed E-state index contributed by atoms with van der Waals surface area (Å²) in [5.74, 6) is 0. The minimum Gasteiger partial charge on any atom is -0.346 e. The molecule has 0 aliphatic rings. The number of hydrogen-bond donors (Lipinski definition) is 1. The zero-order valence-corrected chi connectivity index (χ0v) is 10.7. The second-order valence-corrected chi connectivity index (χ2v) is 5.81. The van der Waals surface area contributed by atoms with Crippen LogP contribution >= 0.6 is 8.38 Å². The molecule has 1 N–H and O–H groups in total. The van der Waals surface area contributed by atoms with Gasteiger partial charge in [0.25, 0.3) is 0 Å². The molecule has 1 aromatic carbocycles. The van der Waals surface area contributed by atoms with Gasteiger partial charge >= 0.3 is 0 Å². The summed E-state index contributed by atoms with van der Waals surface area (Å²) in [7, 11) is -1.44. The molecule has 3 heteroatoms. The summed E-state index contributed by atoms with van der Waals surface area (Å²) in [6.45, 7) is 8.91. The molecule has 2 nitrogen and oxygen atoms in total. The molecule has 1 atom stereocenters. The summed E-state index contributed by atoms with van der Waals surface area (Å²) >= 11 is 0. The summed E-state index contributed by atoms with van der Waals surface area (Å²) < 4.78 is 5.22. The molecule has 0 amide bonds. The van der Waals surface area contributed by atoms with Crippen molar-refractivity contribution in [2.24, 2.45) is 0 Å². The third kappa shape index (κ3) is 3.57. The smallest absolute Gasteiger partial charge is 0.202 e. The van der Waals surface area contributed by atoms with E-state index in [9.17, 15) is 4.89 Å². The van der Waals surface area contributed by atoms with Gasteiger partial charge in [-0.15, -0.1) is 0 Å². The fraction of sp³-hybridized carbons (Fsp3) is 0.500. The SMILES string of the molecule is CCOP(O)c1cccc(C(C)(C)C)c1. The van der Waals surface area contributed by atoms with Crippen LogP contribution in [0.2, 0.25) is 0 Å². The first-order valence-corrected chi connectivity index (χ1v) is 6.39. The molecule has 0 saturated carbocycles. The Morgan fingerprint density at radius 3 is 2.53 bits per heavy atom.